The van der Waals surface area contributed by atoms with Gasteiger partial charge in [0.25, 0.3) is 11.5 Å². The Bertz CT molecular complexity index is 1660. The molecule has 0 atom stereocenters. The molecular formula is C23H19N5O5S. The molecule has 0 saturated carbocycles. The van der Waals surface area contributed by atoms with Crippen LogP contribution in [0, 0.1) is 0 Å². The maximum absolute atomic E-state index is 13.2. The van der Waals surface area contributed by atoms with Crippen LogP contribution in [0.5, 0.6) is 5.75 Å². The topological polar surface area (TPSA) is 121 Å². The summed E-state index contributed by atoms with van der Waals surface area (Å²) in [5.41, 5.74) is 1.77. The van der Waals surface area contributed by atoms with E-state index in [2.05, 4.69) is 15.6 Å². The summed E-state index contributed by atoms with van der Waals surface area (Å²) >= 11 is 1.10. The second kappa shape index (κ2) is 8.60. The summed E-state index contributed by atoms with van der Waals surface area (Å²) in [5, 5.41) is 10.7. The first-order chi connectivity index (χ1) is 16.4. The van der Waals surface area contributed by atoms with Gasteiger partial charge in [-0.25, -0.2) is 9.42 Å². The molecule has 2 aromatic carbocycles. The number of ether oxygens (including phenoxy) is 1. The number of benzene rings is 2. The quantitative estimate of drug-likeness (QED) is 0.398. The van der Waals surface area contributed by atoms with Crippen molar-refractivity contribution in [2.75, 3.05) is 7.11 Å². The summed E-state index contributed by atoms with van der Waals surface area (Å²) in [6.45, 7) is 0.351. The normalized spacial score (nSPS) is 11.2. The van der Waals surface area contributed by atoms with E-state index >= 15 is 0 Å². The van der Waals surface area contributed by atoms with Crippen LogP contribution in [0.25, 0.3) is 21.3 Å². The molecule has 0 saturated heterocycles. The van der Waals surface area contributed by atoms with Crippen LogP contribution in [0.1, 0.15) is 20.8 Å². The Morgan fingerprint density at radius 2 is 1.91 bits per heavy atom. The van der Waals surface area contributed by atoms with E-state index in [4.69, 9.17) is 9.37 Å². The first kappa shape index (κ1) is 21.6. The van der Waals surface area contributed by atoms with Crippen LogP contribution >= 0.6 is 11.3 Å². The molecule has 0 aliphatic carbocycles. The number of aromatic nitrogens is 4. The van der Waals surface area contributed by atoms with Crippen molar-refractivity contribution in [3.05, 3.63) is 85.4 Å². The summed E-state index contributed by atoms with van der Waals surface area (Å²) in [5.74, 6) is 0.370. The van der Waals surface area contributed by atoms with E-state index in [1.54, 1.807) is 32.4 Å². The number of nitrogens with one attached hydrogen (secondary N) is 1. The van der Waals surface area contributed by atoms with Gasteiger partial charge >= 0.3 is 5.69 Å². The molecule has 172 valence electrons. The van der Waals surface area contributed by atoms with E-state index in [0.29, 0.717) is 44.0 Å². The molecule has 10 nitrogen and oxygen atoms in total. The number of rotatable bonds is 6. The molecule has 5 rings (SSSR count). The number of aryl methyl sites for hydroxylation is 1. The predicted molar refractivity (Wildman–Crippen MR) is 126 cm³/mol. The zero-order valence-electron chi connectivity index (χ0n) is 18.3. The van der Waals surface area contributed by atoms with E-state index < -0.39 is 11.2 Å². The highest BCUT2D eigenvalue weighted by Crippen LogP contribution is 2.22. The number of fused-ring (bicyclic) bond motifs is 2. The van der Waals surface area contributed by atoms with Crippen LogP contribution in [0.3, 0.4) is 0 Å². The molecule has 5 aromatic rings. The molecule has 0 unspecified atom stereocenters. The first-order valence-corrected chi connectivity index (χ1v) is 11.1. The molecule has 3 aromatic heterocycles. The van der Waals surface area contributed by atoms with Crippen LogP contribution in [0.2, 0.25) is 0 Å². The summed E-state index contributed by atoms with van der Waals surface area (Å²) in [6, 6.07) is 14.1. The number of methoxy groups -OCH3 is 1. The van der Waals surface area contributed by atoms with Gasteiger partial charge in [-0.2, -0.15) is 0 Å². The Morgan fingerprint density at radius 1 is 1.09 bits per heavy atom. The fourth-order valence-electron chi connectivity index (χ4n) is 3.70. The molecule has 34 heavy (non-hydrogen) atoms. The van der Waals surface area contributed by atoms with Gasteiger partial charge in [0.05, 0.1) is 23.9 Å². The van der Waals surface area contributed by atoms with Crippen molar-refractivity contribution in [3.8, 4) is 5.75 Å². The van der Waals surface area contributed by atoms with Crippen LogP contribution in [-0.2, 0) is 20.1 Å². The van der Waals surface area contributed by atoms with Gasteiger partial charge in [-0.05, 0) is 51.8 Å². The highest BCUT2D eigenvalue weighted by molar-refractivity contribution is 7.20. The summed E-state index contributed by atoms with van der Waals surface area (Å²) in [7, 11) is 3.16. The van der Waals surface area contributed by atoms with Gasteiger partial charge < -0.3 is 10.1 Å². The minimum atomic E-state index is -0.471. The van der Waals surface area contributed by atoms with Gasteiger partial charge in [0.1, 0.15) is 21.6 Å². The number of carbonyl (C=O) groups is 1. The maximum Gasteiger partial charge on any atom is 0.332 e. The lowest BCUT2D eigenvalue weighted by molar-refractivity contribution is 0.0955. The van der Waals surface area contributed by atoms with Crippen molar-refractivity contribution in [3.63, 3.8) is 0 Å². The van der Waals surface area contributed by atoms with E-state index in [9.17, 15) is 14.4 Å². The monoisotopic (exact) mass is 477 g/mol. The zero-order chi connectivity index (χ0) is 23.8. The number of thiophene rings is 1. The summed E-state index contributed by atoms with van der Waals surface area (Å²) in [6.07, 6.45) is 0. The van der Waals surface area contributed by atoms with Gasteiger partial charge in [0, 0.05) is 13.6 Å². The SMILES string of the molecule is COc1cccc(CNC(=O)c2cc3c(=O)n(Cc4ccc5nonc5c4)c(=O)n(C)c3s2)c1. The number of hydrogen-bond donors (Lipinski definition) is 1. The fourth-order valence-corrected chi connectivity index (χ4v) is 4.72. The minimum absolute atomic E-state index is 0.0530. The van der Waals surface area contributed by atoms with Gasteiger partial charge in [0.2, 0.25) is 0 Å². The highest BCUT2D eigenvalue weighted by Gasteiger charge is 2.18. The van der Waals surface area contributed by atoms with Crippen molar-refractivity contribution in [1.29, 1.82) is 0 Å². The Kier molecular flexibility index (Phi) is 5.46. The Morgan fingerprint density at radius 3 is 2.74 bits per heavy atom. The third-order valence-corrected chi connectivity index (χ3v) is 6.69. The summed E-state index contributed by atoms with van der Waals surface area (Å²) in [4.78, 5) is 39.7. The average molecular weight is 478 g/mol. The first-order valence-electron chi connectivity index (χ1n) is 10.3. The molecule has 0 aliphatic heterocycles. The molecule has 3 heterocycles. The predicted octanol–water partition coefficient (Wildman–Crippen LogP) is 2.28. The Labute approximate surface area is 196 Å². The van der Waals surface area contributed by atoms with Gasteiger partial charge in [-0.15, -0.1) is 11.3 Å². The lowest BCUT2D eigenvalue weighted by Crippen LogP contribution is -2.38. The minimum Gasteiger partial charge on any atom is -0.497 e. The molecule has 0 bridgehead atoms. The largest absolute Gasteiger partial charge is 0.497 e. The Hall–Kier alpha value is -4.25. The van der Waals surface area contributed by atoms with Gasteiger partial charge in [-0.1, -0.05) is 18.2 Å². The van der Waals surface area contributed by atoms with Crippen molar-refractivity contribution in [2.45, 2.75) is 13.1 Å². The van der Waals surface area contributed by atoms with Crippen LogP contribution in [0.4, 0.5) is 0 Å². The molecule has 11 heteroatoms. The average Bonchev–Trinajstić information content (AvgIpc) is 3.51. The van der Waals surface area contributed by atoms with Gasteiger partial charge in [-0.3, -0.25) is 18.7 Å². The number of carbonyl (C=O) groups excluding carboxylic acids is 1. The molecule has 0 radical (unpaired) electrons. The molecule has 1 amide bonds. The lowest BCUT2D eigenvalue weighted by atomic mass is 10.2. The molecule has 0 aliphatic rings. The fraction of sp³-hybridized carbons (Fsp3) is 0.174. The van der Waals surface area contributed by atoms with Crippen molar-refractivity contribution in [1.82, 2.24) is 24.8 Å². The Balaban J connectivity index is 1.44. The van der Waals surface area contributed by atoms with Crippen LogP contribution < -0.4 is 21.3 Å². The van der Waals surface area contributed by atoms with E-state index in [0.717, 1.165) is 21.5 Å². The zero-order valence-corrected chi connectivity index (χ0v) is 19.1. The lowest BCUT2D eigenvalue weighted by Gasteiger charge is -2.08. The number of amides is 1. The highest BCUT2D eigenvalue weighted by atomic mass is 32.1. The van der Waals surface area contributed by atoms with Crippen molar-refractivity contribution >= 4 is 38.5 Å². The smallest absolute Gasteiger partial charge is 0.332 e. The number of hydrogen-bond acceptors (Lipinski definition) is 8. The molecular weight excluding hydrogens is 458 g/mol. The molecule has 0 spiro atoms. The van der Waals surface area contributed by atoms with E-state index in [-0.39, 0.29) is 12.5 Å². The van der Waals surface area contributed by atoms with Crippen molar-refractivity contribution < 1.29 is 14.2 Å². The van der Waals surface area contributed by atoms with Crippen LogP contribution in [0.15, 0.2) is 62.7 Å². The third-order valence-electron chi connectivity index (χ3n) is 5.48. The second-order valence-corrected chi connectivity index (χ2v) is 8.71. The second-order valence-electron chi connectivity index (χ2n) is 7.68. The number of nitrogens with zero attached hydrogens (tertiary/aromatic N) is 4. The van der Waals surface area contributed by atoms with E-state index in [1.165, 1.54) is 10.6 Å². The van der Waals surface area contributed by atoms with E-state index in [1.807, 2.05) is 24.3 Å². The molecule has 1 N–H and O–H groups in total. The van der Waals surface area contributed by atoms with Crippen molar-refractivity contribution in [2.24, 2.45) is 7.05 Å². The van der Waals surface area contributed by atoms with Crippen LogP contribution in [-0.4, -0.2) is 32.5 Å². The third kappa shape index (κ3) is 3.86. The standard InChI is InChI=1S/C23H19N5O5S/c1-27-22-16(10-19(34-22)20(29)24-11-13-4-3-5-15(8-13)32-2)21(30)28(23(27)31)12-14-6-7-17-18(9-14)26-33-25-17/h3-10H,11-12H2,1-2H3,(H,24,29). The maximum atomic E-state index is 13.2. The summed E-state index contributed by atoms with van der Waals surface area (Å²) < 4.78 is 12.4. The van der Waals surface area contributed by atoms with Gasteiger partial charge in [0.15, 0.2) is 0 Å². The molecule has 0 fully saturated rings.